The van der Waals surface area contributed by atoms with Crippen LogP contribution in [0.15, 0.2) is 133 Å². The van der Waals surface area contributed by atoms with Gasteiger partial charge in [-0.25, -0.2) is 0 Å². The van der Waals surface area contributed by atoms with Gasteiger partial charge in [0.2, 0.25) is 0 Å². The first-order chi connectivity index (χ1) is 17.9. The Balaban J connectivity index is 1.43. The van der Waals surface area contributed by atoms with Gasteiger partial charge in [0, 0.05) is 0 Å². The Morgan fingerprint density at radius 1 is 0.250 bits per heavy atom. The lowest BCUT2D eigenvalue weighted by Gasteiger charge is -2.15. The van der Waals surface area contributed by atoms with Gasteiger partial charge in [-0.15, -0.1) is 0 Å². The lowest BCUT2D eigenvalue weighted by atomic mass is 9.88. The maximum atomic E-state index is 2.43. The largest absolute Gasteiger partial charge is 0.0622 e. The van der Waals surface area contributed by atoms with Gasteiger partial charge in [0.05, 0.1) is 0 Å². The molecule has 0 saturated carbocycles. The van der Waals surface area contributed by atoms with Crippen LogP contribution in [-0.2, 0) is 0 Å². The molecule has 0 aliphatic heterocycles. The van der Waals surface area contributed by atoms with Crippen LogP contribution in [0.5, 0.6) is 0 Å². The van der Waals surface area contributed by atoms with Gasteiger partial charge in [0.25, 0.3) is 0 Å². The molecule has 8 rings (SSSR count). The van der Waals surface area contributed by atoms with Gasteiger partial charge in [-0.2, -0.15) is 0 Å². The van der Waals surface area contributed by atoms with Crippen molar-refractivity contribution in [2.75, 3.05) is 0 Å². The summed E-state index contributed by atoms with van der Waals surface area (Å²) in [5.74, 6) is 0. The fraction of sp³-hybridized carbons (Fsp3) is 0. The first-order valence-electron chi connectivity index (χ1n) is 12.5. The second-order valence-corrected chi connectivity index (χ2v) is 9.71. The molecule has 0 amide bonds. The minimum absolute atomic E-state index is 1.24. The molecular weight excluding hydrogens is 432 g/mol. The van der Waals surface area contributed by atoms with E-state index in [-0.39, 0.29) is 0 Å². The Kier molecular flexibility index (Phi) is 4.03. The fourth-order valence-corrected chi connectivity index (χ4v) is 6.16. The highest BCUT2D eigenvalue weighted by Gasteiger charge is 2.23. The highest BCUT2D eigenvalue weighted by Crippen LogP contribution is 2.50. The van der Waals surface area contributed by atoms with Crippen LogP contribution in [0.3, 0.4) is 0 Å². The van der Waals surface area contributed by atoms with E-state index in [0.717, 1.165) is 0 Å². The van der Waals surface area contributed by atoms with Crippen molar-refractivity contribution in [3.63, 3.8) is 0 Å². The average Bonchev–Trinajstić information content (AvgIpc) is 3.28. The lowest BCUT2D eigenvalue weighted by molar-refractivity contribution is 1.61. The Morgan fingerprint density at radius 2 is 0.778 bits per heavy atom. The molecule has 36 heavy (non-hydrogen) atoms. The summed E-state index contributed by atoms with van der Waals surface area (Å²) in [7, 11) is 0. The van der Waals surface area contributed by atoms with Crippen LogP contribution in [0.1, 0.15) is 0 Å². The molecule has 0 unspecified atom stereocenters. The van der Waals surface area contributed by atoms with Crippen molar-refractivity contribution in [2.45, 2.75) is 0 Å². The van der Waals surface area contributed by atoms with E-state index in [4.69, 9.17) is 0 Å². The molecule has 7 aromatic rings. The molecule has 0 aromatic heterocycles. The van der Waals surface area contributed by atoms with Crippen molar-refractivity contribution in [1.29, 1.82) is 0 Å². The van der Waals surface area contributed by atoms with Gasteiger partial charge in [-0.05, 0) is 89.0 Å². The summed E-state index contributed by atoms with van der Waals surface area (Å²) in [6.07, 6.45) is 0. The Bertz CT molecular complexity index is 1960. The number of fused-ring (bicyclic) bond motifs is 7. The molecule has 0 bridgehead atoms. The molecule has 7 aromatic carbocycles. The quantitative estimate of drug-likeness (QED) is 0.228. The van der Waals surface area contributed by atoms with Gasteiger partial charge >= 0.3 is 0 Å². The smallest absolute Gasteiger partial charge is 0.00199 e. The lowest BCUT2D eigenvalue weighted by Crippen LogP contribution is -1.88. The zero-order valence-electron chi connectivity index (χ0n) is 19.7. The summed E-state index contributed by atoms with van der Waals surface area (Å²) < 4.78 is 0. The van der Waals surface area contributed by atoms with E-state index in [0.29, 0.717) is 0 Å². The molecule has 0 saturated heterocycles. The molecule has 0 atom stereocenters. The molecule has 1 aliphatic rings. The summed E-state index contributed by atoms with van der Waals surface area (Å²) in [5.41, 5.74) is 10.4. The normalized spacial score (nSPS) is 11.9. The number of rotatable bonds is 2. The first kappa shape index (κ1) is 19.6. The first-order valence-corrected chi connectivity index (χ1v) is 12.5. The van der Waals surface area contributed by atoms with Crippen LogP contribution in [0.2, 0.25) is 0 Å². The van der Waals surface area contributed by atoms with E-state index in [9.17, 15) is 0 Å². The Morgan fingerprint density at radius 3 is 1.58 bits per heavy atom. The molecule has 0 N–H and O–H groups in total. The summed E-state index contributed by atoms with van der Waals surface area (Å²) in [5, 5.41) is 7.98. The van der Waals surface area contributed by atoms with Crippen LogP contribution in [0.4, 0.5) is 0 Å². The highest BCUT2D eigenvalue weighted by molar-refractivity contribution is 6.28. The molecule has 0 radical (unpaired) electrons. The number of hydrogen-bond acceptors (Lipinski definition) is 0. The van der Waals surface area contributed by atoms with Crippen molar-refractivity contribution in [1.82, 2.24) is 0 Å². The van der Waals surface area contributed by atoms with Crippen molar-refractivity contribution in [2.24, 2.45) is 0 Å². The molecule has 0 heteroatoms. The summed E-state index contributed by atoms with van der Waals surface area (Å²) in [4.78, 5) is 0. The predicted molar refractivity (Wildman–Crippen MR) is 154 cm³/mol. The molecule has 0 spiro atoms. The third kappa shape index (κ3) is 2.70. The van der Waals surface area contributed by atoms with E-state index >= 15 is 0 Å². The molecule has 1 aliphatic carbocycles. The van der Waals surface area contributed by atoms with Crippen molar-refractivity contribution < 1.29 is 0 Å². The van der Waals surface area contributed by atoms with Crippen molar-refractivity contribution >= 4 is 32.3 Å². The van der Waals surface area contributed by atoms with E-state index in [1.165, 1.54) is 76.8 Å². The highest BCUT2D eigenvalue weighted by atomic mass is 14.3. The van der Waals surface area contributed by atoms with E-state index in [2.05, 4.69) is 133 Å². The third-order valence-electron chi connectivity index (χ3n) is 7.81. The predicted octanol–water partition coefficient (Wildman–Crippen LogP) is 10.1. The van der Waals surface area contributed by atoms with Crippen LogP contribution < -0.4 is 0 Å². The summed E-state index contributed by atoms with van der Waals surface area (Å²) in [6, 6.07) is 48.9. The van der Waals surface area contributed by atoms with E-state index < -0.39 is 0 Å². The second kappa shape index (κ2) is 7.41. The summed E-state index contributed by atoms with van der Waals surface area (Å²) in [6.45, 7) is 0. The minimum atomic E-state index is 1.24. The van der Waals surface area contributed by atoms with Crippen molar-refractivity contribution in [3.8, 4) is 44.5 Å². The maximum Gasteiger partial charge on any atom is -0.00199 e. The van der Waals surface area contributed by atoms with Gasteiger partial charge < -0.3 is 0 Å². The second-order valence-electron chi connectivity index (χ2n) is 9.71. The zero-order valence-corrected chi connectivity index (χ0v) is 19.7. The van der Waals surface area contributed by atoms with Crippen LogP contribution >= 0.6 is 0 Å². The van der Waals surface area contributed by atoms with E-state index in [1.807, 2.05) is 0 Å². The van der Waals surface area contributed by atoms with Gasteiger partial charge in [-0.3, -0.25) is 0 Å². The Labute approximate surface area is 210 Å². The number of hydrogen-bond donors (Lipinski definition) is 0. The monoisotopic (exact) mass is 454 g/mol. The zero-order chi connectivity index (χ0) is 23.6. The molecule has 166 valence electrons. The standard InChI is InChI=1S/C36H22/c1-2-9-23(10-3-1)24-17-19-25(20-18-24)32-21-34-31-16-8-15-30-26-11-4-7-14-29(26)35(36(30)31)22-33(34)28-13-6-5-12-27(28)32/h1-22H. The van der Waals surface area contributed by atoms with E-state index in [1.54, 1.807) is 0 Å². The average molecular weight is 455 g/mol. The molecule has 0 fully saturated rings. The third-order valence-corrected chi connectivity index (χ3v) is 7.81. The van der Waals surface area contributed by atoms with Crippen LogP contribution in [-0.4, -0.2) is 0 Å². The minimum Gasteiger partial charge on any atom is -0.0622 e. The summed E-state index contributed by atoms with van der Waals surface area (Å²) >= 11 is 0. The number of benzene rings is 7. The van der Waals surface area contributed by atoms with Gasteiger partial charge in [0.15, 0.2) is 0 Å². The van der Waals surface area contributed by atoms with Gasteiger partial charge in [-0.1, -0.05) is 121 Å². The maximum absolute atomic E-state index is 2.43. The molecule has 0 nitrogen and oxygen atoms in total. The topological polar surface area (TPSA) is 0 Å². The molecule has 0 heterocycles. The van der Waals surface area contributed by atoms with Crippen LogP contribution in [0, 0.1) is 0 Å². The molecular formula is C36H22. The fourth-order valence-electron chi connectivity index (χ4n) is 6.16. The van der Waals surface area contributed by atoms with Crippen molar-refractivity contribution in [3.05, 3.63) is 133 Å². The Hall–Kier alpha value is -4.68. The van der Waals surface area contributed by atoms with Gasteiger partial charge in [0.1, 0.15) is 0 Å². The van der Waals surface area contributed by atoms with Crippen LogP contribution in [0.25, 0.3) is 76.8 Å². The SMILES string of the molecule is c1ccc(-c2ccc(-c3cc4c5cccc6c5c(cc4c4ccccc34)-c3ccccc3-6)cc2)cc1.